The van der Waals surface area contributed by atoms with Gasteiger partial charge in [-0.2, -0.15) is 0 Å². The van der Waals surface area contributed by atoms with Gasteiger partial charge in [0.1, 0.15) is 29.6 Å². The van der Waals surface area contributed by atoms with Crippen LogP contribution in [0.5, 0.6) is 5.75 Å². The second-order valence-corrected chi connectivity index (χ2v) is 7.72. The van der Waals surface area contributed by atoms with Crippen molar-refractivity contribution < 1.29 is 14.6 Å². The van der Waals surface area contributed by atoms with E-state index in [4.69, 9.17) is 10.5 Å². The minimum Gasteiger partial charge on any atom is -0.491 e. The van der Waals surface area contributed by atoms with Gasteiger partial charge in [0.25, 0.3) is 5.91 Å². The molecule has 0 spiro atoms. The number of hydrogen-bond donors (Lipinski definition) is 2. The highest BCUT2D eigenvalue weighted by Crippen LogP contribution is 2.34. The molecule has 3 aromatic rings. The van der Waals surface area contributed by atoms with E-state index in [0.29, 0.717) is 42.5 Å². The number of nitrogens with two attached hydrogens (primary N) is 1. The summed E-state index contributed by atoms with van der Waals surface area (Å²) in [5, 5.41) is 9.89. The van der Waals surface area contributed by atoms with Crippen molar-refractivity contribution in [2.75, 3.05) is 6.61 Å². The summed E-state index contributed by atoms with van der Waals surface area (Å²) in [6, 6.07) is 5.52. The van der Waals surface area contributed by atoms with Crippen molar-refractivity contribution in [1.82, 2.24) is 19.1 Å². The Hall–Kier alpha value is -3.57. The Morgan fingerprint density at radius 2 is 2.20 bits per heavy atom. The molecule has 0 atom stereocenters. The van der Waals surface area contributed by atoms with Crippen molar-refractivity contribution in [1.29, 1.82) is 0 Å². The van der Waals surface area contributed by atoms with Gasteiger partial charge in [0.15, 0.2) is 5.69 Å². The summed E-state index contributed by atoms with van der Waals surface area (Å²) in [6.07, 6.45) is 3.57. The first-order valence-electron chi connectivity index (χ1n) is 9.62. The molecule has 2 aromatic heterocycles. The molecule has 154 valence electrons. The van der Waals surface area contributed by atoms with Crippen molar-refractivity contribution in [3.63, 3.8) is 0 Å². The molecule has 0 radical (unpaired) electrons. The summed E-state index contributed by atoms with van der Waals surface area (Å²) in [6.45, 7) is 6.53. The highest BCUT2D eigenvalue weighted by atomic mass is 16.5. The fourth-order valence-corrected chi connectivity index (χ4v) is 3.40. The first kappa shape index (κ1) is 19.7. The summed E-state index contributed by atoms with van der Waals surface area (Å²) in [4.78, 5) is 21.0. The lowest BCUT2D eigenvalue weighted by atomic mass is 10.1. The van der Waals surface area contributed by atoms with Crippen LogP contribution in [0.2, 0.25) is 0 Å². The zero-order valence-electron chi connectivity index (χ0n) is 17.1. The predicted molar refractivity (Wildman–Crippen MR) is 111 cm³/mol. The van der Waals surface area contributed by atoms with E-state index in [-0.39, 0.29) is 5.69 Å². The van der Waals surface area contributed by atoms with E-state index in [1.54, 1.807) is 20.0 Å². The number of imidazole rings is 2. The molecule has 8 heteroatoms. The zero-order chi connectivity index (χ0) is 21.5. The average molecular weight is 405 g/mol. The number of rotatable bonds is 3. The van der Waals surface area contributed by atoms with Gasteiger partial charge < -0.3 is 24.7 Å². The molecule has 4 rings (SSSR count). The molecule has 1 amide bonds. The molecule has 0 fully saturated rings. The molecule has 3 heterocycles. The lowest BCUT2D eigenvalue weighted by Crippen LogP contribution is -2.18. The molecule has 0 aliphatic carbocycles. The van der Waals surface area contributed by atoms with Crippen LogP contribution in [0, 0.1) is 18.8 Å². The number of aliphatic hydroxyl groups is 1. The standard InChI is InChI=1S/C22H23N5O3/c1-14-24-8-9-26(14)13-17-19(20(23)28)25-21-16-12-15(6-7-22(2,3)29)4-5-18(16)30-11-10-27(17)21/h4-5,8-9,12,29H,10-11,13H2,1-3H3,(H2,23,28). The van der Waals surface area contributed by atoms with Gasteiger partial charge in [-0.3, -0.25) is 4.79 Å². The molecule has 30 heavy (non-hydrogen) atoms. The van der Waals surface area contributed by atoms with Crippen molar-refractivity contribution >= 4 is 5.91 Å². The summed E-state index contributed by atoms with van der Waals surface area (Å²) in [5.74, 6) is 7.30. The highest BCUT2D eigenvalue weighted by molar-refractivity contribution is 5.93. The van der Waals surface area contributed by atoms with Gasteiger partial charge in [-0.15, -0.1) is 0 Å². The minimum absolute atomic E-state index is 0.235. The molecular formula is C22H23N5O3. The van der Waals surface area contributed by atoms with E-state index in [0.717, 1.165) is 11.4 Å². The summed E-state index contributed by atoms with van der Waals surface area (Å²) >= 11 is 0. The zero-order valence-corrected chi connectivity index (χ0v) is 17.1. The molecule has 1 aliphatic rings. The maximum Gasteiger partial charge on any atom is 0.269 e. The van der Waals surface area contributed by atoms with Crippen molar-refractivity contribution in [2.45, 2.75) is 39.5 Å². The molecule has 1 aliphatic heterocycles. The first-order valence-corrected chi connectivity index (χ1v) is 9.62. The van der Waals surface area contributed by atoms with Crippen LogP contribution < -0.4 is 10.5 Å². The number of hydrogen-bond acceptors (Lipinski definition) is 5. The van der Waals surface area contributed by atoms with Gasteiger partial charge in [0.05, 0.1) is 24.3 Å². The van der Waals surface area contributed by atoms with E-state index in [9.17, 15) is 9.90 Å². The van der Waals surface area contributed by atoms with Gasteiger partial charge >= 0.3 is 0 Å². The maximum atomic E-state index is 12.2. The third-order valence-electron chi connectivity index (χ3n) is 4.86. The predicted octanol–water partition coefficient (Wildman–Crippen LogP) is 1.72. The Kier molecular flexibility index (Phi) is 4.84. The molecule has 1 aromatic carbocycles. The third-order valence-corrected chi connectivity index (χ3v) is 4.86. The molecule has 8 nitrogen and oxygen atoms in total. The van der Waals surface area contributed by atoms with Crippen molar-refractivity contribution in [3.8, 4) is 29.0 Å². The van der Waals surface area contributed by atoms with Crippen LogP contribution in [0.1, 0.15) is 41.4 Å². The smallest absolute Gasteiger partial charge is 0.269 e. The molecule has 0 saturated carbocycles. The van der Waals surface area contributed by atoms with E-state index in [1.807, 2.05) is 40.5 Å². The topological polar surface area (TPSA) is 108 Å². The SMILES string of the molecule is Cc1nccn1Cc1c(C(N)=O)nc2n1CCOc1ccc(C#CC(C)(C)O)cc1-2. The average Bonchev–Trinajstić information content (AvgIpc) is 3.19. The number of aromatic nitrogens is 4. The Morgan fingerprint density at radius 3 is 2.87 bits per heavy atom. The first-order chi connectivity index (χ1) is 14.2. The van der Waals surface area contributed by atoms with E-state index in [1.165, 1.54) is 0 Å². The Bertz CT molecular complexity index is 1190. The fraction of sp³-hybridized carbons (Fsp3) is 0.318. The number of ether oxygens (including phenoxy) is 1. The number of carbonyl (C=O) groups excluding carboxylic acids is 1. The number of nitrogens with zero attached hydrogens (tertiary/aromatic N) is 4. The van der Waals surface area contributed by atoms with Crippen LogP contribution in [0.3, 0.4) is 0 Å². The van der Waals surface area contributed by atoms with Gasteiger partial charge in [-0.05, 0) is 39.0 Å². The van der Waals surface area contributed by atoms with Gasteiger partial charge in [0.2, 0.25) is 0 Å². The molecule has 0 unspecified atom stereocenters. The monoisotopic (exact) mass is 405 g/mol. The van der Waals surface area contributed by atoms with Gasteiger partial charge in [0, 0.05) is 18.0 Å². The lowest BCUT2D eigenvalue weighted by molar-refractivity contribution is 0.0994. The Morgan fingerprint density at radius 1 is 1.40 bits per heavy atom. The van der Waals surface area contributed by atoms with Crippen molar-refractivity contribution in [2.24, 2.45) is 5.73 Å². The lowest BCUT2D eigenvalue weighted by Gasteiger charge is -2.11. The second-order valence-electron chi connectivity index (χ2n) is 7.72. The van der Waals surface area contributed by atoms with Gasteiger partial charge in [-0.25, -0.2) is 9.97 Å². The number of aryl methyl sites for hydroxylation is 1. The van der Waals surface area contributed by atoms with Gasteiger partial charge in [-0.1, -0.05) is 11.8 Å². The quantitative estimate of drug-likeness (QED) is 0.645. The van der Waals surface area contributed by atoms with E-state index < -0.39 is 11.5 Å². The molecule has 0 saturated heterocycles. The number of primary amides is 1. The van der Waals surface area contributed by atoms with Crippen LogP contribution in [-0.2, 0) is 13.1 Å². The summed E-state index contributed by atoms with van der Waals surface area (Å²) in [7, 11) is 0. The normalized spacial score (nSPS) is 12.8. The van der Waals surface area contributed by atoms with Crippen LogP contribution >= 0.6 is 0 Å². The number of benzene rings is 1. The maximum absolute atomic E-state index is 12.2. The van der Waals surface area contributed by atoms with Crippen LogP contribution in [0.15, 0.2) is 30.6 Å². The number of carbonyl (C=O) groups is 1. The highest BCUT2D eigenvalue weighted by Gasteiger charge is 2.26. The molecule has 0 bridgehead atoms. The van der Waals surface area contributed by atoms with E-state index >= 15 is 0 Å². The van der Waals surface area contributed by atoms with Crippen LogP contribution in [0.25, 0.3) is 11.4 Å². The summed E-state index contributed by atoms with van der Waals surface area (Å²) < 4.78 is 9.82. The van der Waals surface area contributed by atoms with Crippen molar-refractivity contribution in [3.05, 3.63) is 53.4 Å². The minimum atomic E-state index is -1.10. The summed E-state index contributed by atoms with van der Waals surface area (Å²) in [5.41, 5.74) is 6.94. The number of amides is 1. The van der Waals surface area contributed by atoms with Crippen LogP contribution in [0.4, 0.5) is 0 Å². The second kappa shape index (κ2) is 7.35. The molecular weight excluding hydrogens is 382 g/mol. The fourth-order valence-electron chi connectivity index (χ4n) is 3.40. The molecule has 3 N–H and O–H groups in total. The largest absolute Gasteiger partial charge is 0.491 e. The Balaban J connectivity index is 1.86. The van der Waals surface area contributed by atoms with Crippen LogP contribution in [-0.4, -0.2) is 42.3 Å². The Labute approximate surface area is 174 Å². The third kappa shape index (κ3) is 3.80. The van der Waals surface area contributed by atoms with E-state index in [2.05, 4.69) is 21.8 Å². The number of fused-ring (bicyclic) bond motifs is 3.